The summed E-state index contributed by atoms with van der Waals surface area (Å²) in [4.78, 5) is 23.5. The highest BCUT2D eigenvalue weighted by Gasteiger charge is 2.22. The Morgan fingerprint density at radius 2 is 1.95 bits per heavy atom. The van der Waals surface area contributed by atoms with Crippen LogP contribution in [-0.2, 0) is 6.42 Å². The lowest BCUT2D eigenvalue weighted by Gasteiger charge is -2.22. The van der Waals surface area contributed by atoms with Crippen molar-refractivity contribution in [3.8, 4) is 0 Å². The summed E-state index contributed by atoms with van der Waals surface area (Å²) in [6.45, 7) is 6.07. The van der Waals surface area contributed by atoms with Gasteiger partial charge in [-0.15, -0.1) is 11.3 Å². The molecule has 0 aromatic carbocycles. The number of rotatable bonds is 3. The molecule has 1 saturated carbocycles. The fourth-order valence-electron chi connectivity index (χ4n) is 3.27. The topological polar surface area (TPSA) is 54.9 Å². The van der Waals surface area contributed by atoms with E-state index in [0.717, 1.165) is 51.4 Å². The van der Waals surface area contributed by atoms with Gasteiger partial charge in [0.15, 0.2) is 0 Å². The number of thiophene rings is 1. The molecule has 0 atom stereocenters. The minimum Gasteiger partial charge on any atom is -0.349 e. The summed E-state index contributed by atoms with van der Waals surface area (Å²) >= 11 is 1.50. The van der Waals surface area contributed by atoms with E-state index in [1.807, 2.05) is 13.8 Å². The van der Waals surface area contributed by atoms with E-state index in [-0.39, 0.29) is 5.91 Å². The molecule has 1 fully saturated rings. The lowest BCUT2D eigenvalue weighted by Crippen LogP contribution is -2.36. The first kappa shape index (κ1) is 15.4. The van der Waals surface area contributed by atoms with Crippen molar-refractivity contribution in [3.05, 3.63) is 22.0 Å². The van der Waals surface area contributed by atoms with Crippen LogP contribution in [-0.4, -0.2) is 21.9 Å². The molecule has 0 saturated heterocycles. The highest BCUT2D eigenvalue weighted by atomic mass is 32.1. The van der Waals surface area contributed by atoms with Crippen molar-refractivity contribution in [1.29, 1.82) is 0 Å². The van der Waals surface area contributed by atoms with Crippen LogP contribution in [0.4, 0.5) is 0 Å². The molecule has 1 N–H and O–H groups in total. The molecule has 1 aliphatic carbocycles. The molecule has 4 nitrogen and oxygen atoms in total. The van der Waals surface area contributed by atoms with Crippen molar-refractivity contribution in [1.82, 2.24) is 15.3 Å². The van der Waals surface area contributed by atoms with E-state index in [1.54, 1.807) is 0 Å². The Balaban J connectivity index is 1.91. The van der Waals surface area contributed by atoms with Crippen LogP contribution in [0.25, 0.3) is 10.2 Å². The summed E-state index contributed by atoms with van der Waals surface area (Å²) in [6.07, 6.45) is 6.77. The van der Waals surface area contributed by atoms with E-state index in [9.17, 15) is 4.79 Å². The molecule has 2 aromatic heterocycles. The SMILES string of the molecule is CCc1nc(C)c2c(C)c(C(=O)NC3CCCCC3)sc2n1. The van der Waals surface area contributed by atoms with Crippen LogP contribution >= 0.6 is 11.3 Å². The number of carbonyl (C=O) groups excluding carboxylic acids is 1. The Hall–Kier alpha value is -1.49. The highest BCUT2D eigenvalue weighted by Crippen LogP contribution is 2.31. The van der Waals surface area contributed by atoms with Gasteiger partial charge in [0.05, 0.1) is 4.88 Å². The van der Waals surface area contributed by atoms with Crippen LogP contribution in [0.5, 0.6) is 0 Å². The second-order valence-electron chi connectivity index (χ2n) is 6.12. The van der Waals surface area contributed by atoms with E-state index >= 15 is 0 Å². The maximum absolute atomic E-state index is 12.6. The Bertz CT molecular complexity index is 701. The molecule has 1 amide bonds. The van der Waals surface area contributed by atoms with Gasteiger partial charge in [0.2, 0.25) is 0 Å². The summed E-state index contributed by atoms with van der Waals surface area (Å²) < 4.78 is 0. The van der Waals surface area contributed by atoms with E-state index in [1.165, 1.54) is 30.6 Å². The van der Waals surface area contributed by atoms with Crippen LogP contribution in [0.2, 0.25) is 0 Å². The molecule has 2 aromatic rings. The number of carbonyl (C=O) groups is 1. The van der Waals surface area contributed by atoms with Gasteiger partial charge in [-0.25, -0.2) is 9.97 Å². The second-order valence-corrected chi connectivity index (χ2v) is 7.12. The predicted molar refractivity (Wildman–Crippen MR) is 90.6 cm³/mol. The zero-order chi connectivity index (χ0) is 15.7. The van der Waals surface area contributed by atoms with Crippen molar-refractivity contribution in [3.63, 3.8) is 0 Å². The average Bonchev–Trinajstić information content (AvgIpc) is 2.85. The van der Waals surface area contributed by atoms with Crippen LogP contribution in [0.15, 0.2) is 0 Å². The number of aromatic nitrogens is 2. The lowest BCUT2D eigenvalue weighted by molar-refractivity contribution is 0.0931. The third-order valence-electron chi connectivity index (χ3n) is 4.48. The number of fused-ring (bicyclic) bond motifs is 1. The summed E-state index contributed by atoms with van der Waals surface area (Å²) in [5.41, 5.74) is 2.00. The van der Waals surface area contributed by atoms with Crippen LogP contribution < -0.4 is 5.32 Å². The van der Waals surface area contributed by atoms with Gasteiger partial charge in [0.25, 0.3) is 5.91 Å². The molecule has 0 radical (unpaired) electrons. The summed E-state index contributed by atoms with van der Waals surface area (Å²) in [5.74, 6) is 0.912. The van der Waals surface area contributed by atoms with E-state index < -0.39 is 0 Å². The predicted octanol–water partition coefficient (Wildman–Crippen LogP) is 3.93. The number of amides is 1. The fraction of sp³-hybridized carbons (Fsp3) is 0.588. The maximum Gasteiger partial charge on any atom is 0.261 e. The number of hydrogen-bond acceptors (Lipinski definition) is 4. The Morgan fingerprint density at radius 1 is 1.23 bits per heavy atom. The minimum atomic E-state index is 0.0600. The highest BCUT2D eigenvalue weighted by molar-refractivity contribution is 7.20. The third kappa shape index (κ3) is 2.86. The van der Waals surface area contributed by atoms with Gasteiger partial charge in [0.1, 0.15) is 10.7 Å². The number of nitrogens with zero attached hydrogens (tertiary/aromatic N) is 2. The van der Waals surface area contributed by atoms with Crippen LogP contribution in [0.1, 0.15) is 65.8 Å². The molecule has 1 aliphatic rings. The summed E-state index contributed by atoms with van der Waals surface area (Å²) in [7, 11) is 0. The largest absolute Gasteiger partial charge is 0.349 e. The smallest absolute Gasteiger partial charge is 0.261 e. The first-order valence-corrected chi connectivity index (χ1v) is 8.99. The lowest BCUT2D eigenvalue weighted by atomic mass is 9.95. The summed E-state index contributed by atoms with van der Waals surface area (Å²) in [5, 5.41) is 4.26. The van der Waals surface area contributed by atoms with Gasteiger partial charge in [-0.2, -0.15) is 0 Å². The molecule has 118 valence electrons. The Morgan fingerprint density at radius 3 is 2.64 bits per heavy atom. The fourth-order valence-corrected chi connectivity index (χ4v) is 4.42. The molecule has 2 heterocycles. The first-order valence-electron chi connectivity index (χ1n) is 8.17. The quantitative estimate of drug-likeness (QED) is 0.933. The van der Waals surface area contributed by atoms with Gasteiger partial charge in [-0.1, -0.05) is 26.2 Å². The first-order chi connectivity index (χ1) is 10.6. The standard InChI is InChI=1S/C17H23N3OS/c1-4-13-18-11(3)14-10(2)15(22-17(14)20-13)16(21)19-12-8-6-5-7-9-12/h12H,4-9H2,1-3H3,(H,19,21). The van der Waals surface area contributed by atoms with Crippen molar-refractivity contribution < 1.29 is 4.79 Å². The zero-order valence-corrected chi connectivity index (χ0v) is 14.3. The molecule has 0 unspecified atom stereocenters. The van der Waals surface area contributed by atoms with Crippen molar-refractivity contribution in [2.45, 2.75) is 65.3 Å². The molecular weight excluding hydrogens is 294 g/mol. The Kier molecular flexibility index (Phi) is 4.43. The molecule has 0 aliphatic heterocycles. The van der Waals surface area contributed by atoms with Crippen molar-refractivity contribution >= 4 is 27.5 Å². The molecule has 0 spiro atoms. The van der Waals surface area contributed by atoms with Crippen LogP contribution in [0.3, 0.4) is 0 Å². The van der Waals surface area contributed by atoms with Crippen molar-refractivity contribution in [2.75, 3.05) is 0 Å². The maximum atomic E-state index is 12.6. The van der Waals surface area contributed by atoms with Gasteiger partial charge in [-0.3, -0.25) is 4.79 Å². The van der Waals surface area contributed by atoms with E-state index in [2.05, 4.69) is 22.2 Å². The molecule has 5 heteroatoms. The third-order valence-corrected chi connectivity index (χ3v) is 5.66. The normalized spacial score (nSPS) is 16.1. The average molecular weight is 317 g/mol. The van der Waals surface area contributed by atoms with Gasteiger partial charge < -0.3 is 5.32 Å². The molecule has 3 rings (SSSR count). The molecule has 22 heavy (non-hydrogen) atoms. The van der Waals surface area contributed by atoms with Gasteiger partial charge >= 0.3 is 0 Å². The van der Waals surface area contributed by atoms with Gasteiger partial charge in [0, 0.05) is 23.5 Å². The minimum absolute atomic E-state index is 0.0600. The Labute approximate surface area is 135 Å². The number of hydrogen-bond donors (Lipinski definition) is 1. The molecular formula is C17H23N3OS. The van der Waals surface area contributed by atoms with E-state index in [4.69, 9.17) is 0 Å². The monoisotopic (exact) mass is 317 g/mol. The van der Waals surface area contributed by atoms with E-state index in [0.29, 0.717) is 6.04 Å². The number of nitrogens with one attached hydrogen (secondary N) is 1. The zero-order valence-electron chi connectivity index (χ0n) is 13.5. The van der Waals surface area contributed by atoms with Crippen LogP contribution in [0, 0.1) is 13.8 Å². The molecule has 0 bridgehead atoms. The van der Waals surface area contributed by atoms with Gasteiger partial charge in [-0.05, 0) is 32.3 Å². The second kappa shape index (κ2) is 6.32. The van der Waals surface area contributed by atoms with Crippen molar-refractivity contribution in [2.24, 2.45) is 0 Å². The summed E-state index contributed by atoms with van der Waals surface area (Å²) in [6, 6.07) is 0.337. The number of aryl methyl sites for hydroxylation is 3.